The molecule has 32 heavy (non-hydrogen) atoms. The summed E-state index contributed by atoms with van der Waals surface area (Å²) in [6, 6.07) is 13.9. The fourth-order valence-corrected chi connectivity index (χ4v) is 4.48. The Kier molecular flexibility index (Phi) is 4.52. The molecule has 5 heterocycles. The van der Waals surface area contributed by atoms with Crippen LogP contribution >= 0.6 is 0 Å². The number of piperazine rings is 1. The summed E-state index contributed by atoms with van der Waals surface area (Å²) in [5.74, 6) is 1.89. The van der Waals surface area contributed by atoms with Gasteiger partial charge in [-0.15, -0.1) is 0 Å². The van der Waals surface area contributed by atoms with Gasteiger partial charge in [-0.05, 0) is 17.7 Å². The number of H-pyrrole nitrogens is 1. The van der Waals surface area contributed by atoms with Crippen LogP contribution in [0.25, 0.3) is 11.0 Å². The Bertz CT molecular complexity index is 1240. The number of hydrogen-bond acceptors (Lipinski definition) is 7. The van der Waals surface area contributed by atoms with Crippen LogP contribution in [0.5, 0.6) is 0 Å². The minimum atomic E-state index is -0.0768. The predicted molar refractivity (Wildman–Crippen MR) is 120 cm³/mol. The normalized spacial score (nSPS) is 16.1. The standard InChI is InChI=1S/C23H23N7O2/c31-22(18-7-4-14-32-18)28-10-12-29(13-11-28)23-24-20-19-17(26-27-20)8-9-30(21(19)25-23)15-16-5-2-1-3-6-16/h1-7,14H,8-13,15H2,(H,24,25,26,27). The van der Waals surface area contributed by atoms with Gasteiger partial charge in [0.2, 0.25) is 5.95 Å². The fourth-order valence-electron chi connectivity index (χ4n) is 4.48. The van der Waals surface area contributed by atoms with Crippen molar-refractivity contribution in [2.24, 2.45) is 0 Å². The molecule has 0 radical (unpaired) electrons. The van der Waals surface area contributed by atoms with Crippen LogP contribution in [-0.2, 0) is 13.0 Å². The van der Waals surface area contributed by atoms with Gasteiger partial charge in [0.15, 0.2) is 11.4 Å². The third kappa shape index (κ3) is 3.26. The maximum absolute atomic E-state index is 12.6. The van der Waals surface area contributed by atoms with E-state index in [4.69, 9.17) is 14.4 Å². The molecule has 1 amide bonds. The zero-order valence-corrected chi connectivity index (χ0v) is 17.6. The summed E-state index contributed by atoms with van der Waals surface area (Å²) in [4.78, 5) is 28.5. The monoisotopic (exact) mass is 429 g/mol. The van der Waals surface area contributed by atoms with Crippen molar-refractivity contribution >= 4 is 28.7 Å². The van der Waals surface area contributed by atoms with E-state index >= 15 is 0 Å². The number of nitrogens with one attached hydrogen (secondary N) is 1. The Labute approximate surface area is 184 Å². The Morgan fingerprint density at radius 2 is 1.84 bits per heavy atom. The molecule has 0 atom stereocenters. The Morgan fingerprint density at radius 1 is 1.00 bits per heavy atom. The highest BCUT2D eigenvalue weighted by Gasteiger charge is 2.29. The molecule has 162 valence electrons. The second kappa shape index (κ2) is 7.67. The van der Waals surface area contributed by atoms with Gasteiger partial charge in [0, 0.05) is 45.7 Å². The number of furan rings is 1. The molecule has 9 nitrogen and oxygen atoms in total. The van der Waals surface area contributed by atoms with Gasteiger partial charge >= 0.3 is 0 Å². The Morgan fingerprint density at radius 3 is 2.62 bits per heavy atom. The van der Waals surface area contributed by atoms with Crippen LogP contribution < -0.4 is 9.80 Å². The Hall–Kier alpha value is -3.88. The first-order valence-corrected chi connectivity index (χ1v) is 10.9. The molecule has 4 aromatic rings. The van der Waals surface area contributed by atoms with Crippen molar-refractivity contribution < 1.29 is 9.21 Å². The summed E-state index contributed by atoms with van der Waals surface area (Å²) in [5, 5.41) is 8.62. The molecule has 0 unspecified atom stereocenters. The van der Waals surface area contributed by atoms with E-state index < -0.39 is 0 Å². The van der Waals surface area contributed by atoms with E-state index in [-0.39, 0.29) is 5.91 Å². The summed E-state index contributed by atoms with van der Waals surface area (Å²) in [7, 11) is 0. The fraction of sp³-hybridized carbons (Fsp3) is 0.304. The van der Waals surface area contributed by atoms with E-state index in [1.54, 1.807) is 12.1 Å². The summed E-state index contributed by atoms with van der Waals surface area (Å²) in [6.07, 6.45) is 2.42. The molecule has 2 aliphatic rings. The van der Waals surface area contributed by atoms with E-state index in [0.717, 1.165) is 36.4 Å². The number of benzene rings is 1. The van der Waals surface area contributed by atoms with Crippen molar-refractivity contribution in [2.45, 2.75) is 13.0 Å². The molecule has 1 saturated heterocycles. The topological polar surface area (TPSA) is 94.4 Å². The quantitative estimate of drug-likeness (QED) is 0.533. The summed E-state index contributed by atoms with van der Waals surface area (Å²) in [5.41, 5.74) is 3.05. The lowest BCUT2D eigenvalue weighted by Gasteiger charge is -2.35. The molecule has 2 aliphatic heterocycles. The van der Waals surface area contributed by atoms with Crippen LogP contribution in [0.3, 0.4) is 0 Å². The van der Waals surface area contributed by atoms with E-state index in [2.05, 4.69) is 44.3 Å². The molecular weight excluding hydrogens is 406 g/mol. The van der Waals surface area contributed by atoms with Gasteiger partial charge in [0.05, 0.1) is 17.3 Å². The van der Waals surface area contributed by atoms with Gasteiger partial charge < -0.3 is 19.1 Å². The second-order valence-electron chi connectivity index (χ2n) is 8.16. The molecule has 0 spiro atoms. The molecule has 0 saturated carbocycles. The van der Waals surface area contributed by atoms with Gasteiger partial charge in [-0.2, -0.15) is 15.1 Å². The number of anilines is 2. The maximum Gasteiger partial charge on any atom is 0.289 e. The second-order valence-corrected chi connectivity index (χ2v) is 8.16. The highest BCUT2D eigenvalue weighted by Crippen LogP contribution is 2.33. The first-order chi connectivity index (χ1) is 15.8. The number of carbonyl (C=O) groups is 1. The van der Waals surface area contributed by atoms with E-state index in [1.165, 1.54) is 11.8 Å². The van der Waals surface area contributed by atoms with Crippen LogP contribution in [0.2, 0.25) is 0 Å². The van der Waals surface area contributed by atoms with E-state index in [1.807, 2.05) is 11.0 Å². The van der Waals surface area contributed by atoms with E-state index in [9.17, 15) is 4.79 Å². The van der Waals surface area contributed by atoms with Gasteiger partial charge in [-0.3, -0.25) is 9.89 Å². The van der Waals surface area contributed by atoms with Crippen molar-refractivity contribution in [1.29, 1.82) is 0 Å². The van der Waals surface area contributed by atoms with Crippen molar-refractivity contribution in [3.8, 4) is 0 Å². The number of carbonyl (C=O) groups excluding carboxylic acids is 1. The molecule has 9 heteroatoms. The van der Waals surface area contributed by atoms with Crippen molar-refractivity contribution in [2.75, 3.05) is 42.5 Å². The SMILES string of the molecule is O=C(c1ccco1)N1CCN(c2nc3c4c([nH]nc4n2)CCN3Cc2ccccc2)CC1. The van der Waals surface area contributed by atoms with Crippen molar-refractivity contribution in [1.82, 2.24) is 25.1 Å². The van der Waals surface area contributed by atoms with Gasteiger partial charge in [-0.1, -0.05) is 30.3 Å². The number of aromatic amines is 1. The smallest absolute Gasteiger partial charge is 0.289 e. The maximum atomic E-state index is 12.6. The minimum absolute atomic E-state index is 0.0768. The Balaban J connectivity index is 1.26. The molecule has 0 bridgehead atoms. The number of hydrogen-bond donors (Lipinski definition) is 1. The lowest BCUT2D eigenvalue weighted by Crippen LogP contribution is -2.49. The lowest BCUT2D eigenvalue weighted by atomic mass is 10.1. The largest absolute Gasteiger partial charge is 0.459 e. The minimum Gasteiger partial charge on any atom is -0.459 e. The zero-order chi connectivity index (χ0) is 21.5. The van der Waals surface area contributed by atoms with E-state index in [0.29, 0.717) is 43.5 Å². The number of rotatable bonds is 4. The molecule has 0 aliphatic carbocycles. The van der Waals surface area contributed by atoms with Crippen LogP contribution in [0.1, 0.15) is 21.8 Å². The zero-order valence-electron chi connectivity index (χ0n) is 17.6. The van der Waals surface area contributed by atoms with Crippen molar-refractivity contribution in [3.63, 3.8) is 0 Å². The van der Waals surface area contributed by atoms with Gasteiger partial charge in [0.1, 0.15) is 5.82 Å². The highest BCUT2D eigenvalue weighted by atomic mass is 16.3. The third-order valence-corrected chi connectivity index (χ3v) is 6.19. The molecule has 1 aromatic carbocycles. The van der Waals surface area contributed by atoms with Crippen LogP contribution in [0, 0.1) is 0 Å². The molecule has 6 rings (SSSR count). The average molecular weight is 429 g/mol. The van der Waals surface area contributed by atoms with Gasteiger partial charge in [-0.25, -0.2) is 0 Å². The van der Waals surface area contributed by atoms with Gasteiger partial charge in [0.25, 0.3) is 5.91 Å². The molecular formula is C23H23N7O2. The lowest BCUT2D eigenvalue weighted by molar-refractivity contribution is 0.0714. The van der Waals surface area contributed by atoms with Crippen LogP contribution in [0.15, 0.2) is 53.1 Å². The summed E-state index contributed by atoms with van der Waals surface area (Å²) in [6.45, 7) is 4.18. The molecule has 1 N–H and O–H groups in total. The highest BCUT2D eigenvalue weighted by molar-refractivity contribution is 5.92. The number of aromatic nitrogens is 4. The average Bonchev–Trinajstić information content (AvgIpc) is 3.52. The number of nitrogens with zero attached hydrogens (tertiary/aromatic N) is 6. The summed E-state index contributed by atoms with van der Waals surface area (Å²) >= 11 is 0. The predicted octanol–water partition coefficient (Wildman–Crippen LogP) is 2.47. The third-order valence-electron chi connectivity index (χ3n) is 6.19. The van der Waals surface area contributed by atoms with Crippen molar-refractivity contribution in [3.05, 3.63) is 65.7 Å². The first kappa shape index (κ1) is 18.9. The molecule has 1 fully saturated rings. The number of amides is 1. The van der Waals surface area contributed by atoms with Crippen LogP contribution in [0.4, 0.5) is 11.8 Å². The summed E-state index contributed by atoms with van der Waals surface area (Å²) < 4.78 is 5.26. The molecule has 3 aromatic heterocycles. The first-order valence-electron chi connectivity index (χ1n) is 10.9. The van der Waals surface area contributed by atoms with Crippen LogP contribution in [-0.4, -0.2) is 63.7 Å².